The smallest absolute Gasteiger partial charge is 0.0406 e. The monoisotopic (exact) mass is 400 g/mol. The molecule has 0 spiro atoms. The van der Waals surface area contributed by atoms with Crippen molar-refractivity contribution in [3.05, 3.63) is 47.0 Å². The van der Waals surface area contributed by atoms with Crippen molar-refractivity contribution in [2.45, 2.75) is 103 Å². The highest BCUT2D eigenvalue weighted by Gasteiger charge is 2.22. The lowest BCUT2D eigenvalue weighted by molar-refractivity contribution is 0.288. The molecular formula is C27H41Cl. The van der Waals surface area contributed by atoms with Crippen molar-refractivity contribution in [1.82, 2.24) is 0 Å². The average molecular weight is 401 g/mol. The number of benzene rings is 1. The first-order chi connectivity index (χ1) is 13.7. The number of hydrogen-bond donors (Lipinski definition) is 0. The van der Waals surface area contributed by atoms with Gasteiger partial charge in [0.2, 0.25) is 0 Å². The van der Waals surface area contributed by atoms with Crippen LogP contribution in [0.3, 0.4) is 0 Å². The van der Waals surface area contributed by atoms with Crippen molar-refractivity contribution in [3.8, 4) is 0 Å². The molecule has 2 saturated carbocycles. The Hall–Kier alpha value is -0.750. The van der Waals surface area contributed by atoms with E-state index in [1.165, 1.54) is 95.5 Å². The molecule has 156 valence electrons. The van der Waals surface area contributed by atoms with Crippen molar-refractivity contribution in [1.29, 1.82) is 0 Å². The van der Waals surface area contributed by atoms with E-state index in [0.717, 1.165) is 28.7 Å². The van der Waals surface area contributed by atoms with Gasteiger partial charge in [0.25, 0.3) is 0 Å². The van der Waals surface area contributed by atoms with Crippen molar-refractivity contribution < 1.29 is 0 Å². The largest absolute Gasteiger partial charge is 0.0882 e. The molecule has 0 nitrogen and oxygen atoms in total. The van der Waals surface area contributed by atoms with Crippen LogP contribution >= 0.6 is 11.6 Å². The van der Waals surface area contributed by atoms with Gasteiger partial charge >= 0.3 is 0 Å². The van der Waals surface area contributed by atoms with Crippen LogP contribution in [0.4, 0.5) is 0 Å². The standard InChI is InChI=1S/C27H41Cl/c1-2-3-4-7-22-10-12-23(13-11-22)8-5-6-9-24-14-16-25(17-15-24)26-18-20-27(28)21-19-26/h5,8,18-25H,2-4,6-7,9-17H2,1H3/b8-5+. The van der Waals surface area contributed by atoms with E-state index >= 15 is 0 Å². The van der Waals surface area contributed by atoms with Gasteiger partial charge in [0.1, 0.15) is 0 Å². The Kier molecular flexibility index (Phi) is 9.45. The fraction of sp³-hybridized carbons (Fsp3) is 0.704. The van der Waals surface area contributed by atoms with Gasteiger partial charge in [-0.1, -0.05) is 68.5 Å². The van der Waals surface area contributed by atoms with E-state index < -0.39 is 0 Å². The maximum absolute atomic E-state index is 6.03. The molecule has 0 aliphatic heterocycles. The normalized spacial score (nSPS) is 28.6. The van der Waals surface area contributed by atoms with E-state index in [2.05, 4.69) is 31.2 Å². The molecule has 2 fully saturated rings. The summed E-state index contributed by atoms with van der Waals surface area (Å²) in [5, 5.41) is 0.856. The Morgan fingerprint density at radius 2 is 1.46 bits per heavy atom. The molecule has 0 radical (unpaired) electrons. The van der Waals surface area contributed by atoms with Crippen LogP contribution in [0, 0.1) is 17.8 Å². The van der Waals surface area contributed by atoms with Gasteiger partial charge in [-0.25, -0.2) is 0 Å². The number of hydrogen-bond acceptors (Lipinski definition) is 0. The van der Waals surface area contributed by atoms with Crippen LogP contribution in [0.2, 0.25) is 5.02 Å². The molecule has 0 N–H and O–H groups in total. The third kappa shape index (κ3) is 7.25. The van der Waals surface area contributed by atoms with Crippen molar-refractivity contribution in [2.24, 2.45) is 17.8 Å². The lowest BCUT2D eigenvalue weighted by atomic mass is 9.77. The third-order valence-corrected chi connectivity index (χ3v) is 7.70. The Labute approximate surface area is 179 Å². The quantitative estimate of drug-likeness (QED) is 0.286. The van der Waals surface area contributed by atoms with Crippen LogP contribution in [0.5, 0.6) is 0 Å². The molecule has 1 aromatic rings. The first-order valence-electron chi connectivity index (χ1n) is 12.2. The number of halogens is 1. The summed E-state index contributed by atoms with van der Waals surface area (Å²) in [5.41, 5.74) is 1.49. The summed E-state index contributed by atoms with van der Waals surface area (Å²) >= 11 is 6.03. The summed E-state index contributed by atoms with van der Waals surface area (Å²) in [4.78, 5) is 0. The summed E-state index contributed by atoms with van der Waals surface area (Å²) in [6, 6.07) is 8.56. The van der Waals surface area contributed by atoms with Gasteiger partial charge in [-0.3, -0.25) is 0 Å². The molecular weight excluding hydrogens is 360 g/mol. The Bertz CT molecular complexity index is 556. The predicted molar refractivity (Wildman–Crippen MR) is 124 cm³/mol. The highest BCUT2D eigenvalue weighted by Crippen LogP contribution is 2.38. The van der Waals surface area contributed by atoms with Crippen molar-refractivity contribution in [3.63, 3.8) is 0 Å². The Morgan fingerprint density at radius 1 is 0.821 bits per heavy atom. The molecule has 0 heterocycles. The van der Waals surface area contributed by atoms with Crippen LogP contribution in [0.25, 0.3) is 0 Å². The molecule has 0 unspecified atom stereocenters. The first-order valence-corrected chi connectivity index (χ1v) is 12.5. The third-order valence-electron chi connectivity index (χ3n) is 7.45. The zero-order valence-electron chi connectivity index (χ0n) is 18.1. The van der Waals surface area contributed by atoms with Crippen LogP contribution in [-0.2, 0) is 0 Å². The molecule has 0 saturated heterocycles. The van der Waals surface area contributed by atoms with Crippen LogP contribution < -0.4 is 0 Å². The van der Waals surface area contributed by atoms with Gasteiger partial charge in [-0.05, 0) is 106 Å². The molecule has 3 rings (SSSR count). The molecule has 2 aliphatic carbocycles. The van der Waals surface area contributed by atoms with Crippen LogP contribution in [0.1, 0.15) is 108 Å². The summed E-state index contributed by atoms with van der Waals surface area (Å²) in [7, 11) is 0. The van der Waals surface area contributed by atoms with Crippen LogP contribution in [0.15, 0.2) is 36.4 Å². The van der Waals surface area contributed by atoms with E-state index in [1.807, 2.05) is 12.1 Å². The van der Waals surface area contributed by atoms with Gasteiger partial charge in [0.05, 0.1) is 0 Å². The summed E-state index contributed by atoms with van der Waals surface area (Å²) in [6.07, 6.45) is 24.9. The molecule has 0 bridgehead atoms. The minimum absolute atomic E-state index is 0.761. The lowest BCUT2D eigenvalue weighted by Crippen LogP contribution is -2.13. The predicted octanol–water partition coefficient (Wildman–Crippen LogP) is 9.34. The van der Waals surface area contributed by atoms with E-state index in [4.69, 9.17) is 11.6 Å². The zero-order valence-corrected chi connectivity index (χ0v) is 18.8. The van der Waals surface area contributed by atoms with Crippen molar-refractivity contribution in [2.75, 3.05) is 0 Å². The molecule has 28 heavy (non-hydrogen) atoms. The fourth-order valence-electron chi connectivity index (χ4n) is 5.49. The maximum atomic E-state index is 6.03. The first kappa shape index (κ1) is 21.9. The minimum atomic E-state index is 0.761. The average Bonchev–Trinajstić information content (AvgIpc) is 2.73. The SMILES string of the molecule is CCCCCC1CCC(/C=C/CCC2CCC(c3ccc(Cl)cc3)CC2)CC1. The van der Waals surface area contributed by atoms with E-state index in [-0.39, 0.29) is 0 Å². The molecule has 1 aromatic carbocycles. The maximum Gasteiger partial charge on any atom is 0.0406 e. The number of allylic oxidation sites excluding steroid dienone is 2. The minimum Gasteiger partial charge on any atom is -0.0882 e. The molecule has 1 heteroatoms. The fourth-order valence-corrected chi connectivity index (χ4v) is 5.62. The van der Waals surface area contributed by atoms with Gasteiger partial charge in [-0.2, -0.15) is 0 Å². The van der Waals surface area contributed by atoms with Gasteiger partial charge in [0, 0.05) is 5.02 Å². The molecule has 2 aliphatic rings. The molecule has 0 amide bonds. The zero-order chi connectivity index (χ0) is 19.6. The summed E-state index contributed by atoms with van der Waals surface area (Å²) in [6.45, 7) is 2.31. The summed E-state index contributed by atoms with van der Waals surface area (Å²) in [5.74, 6) is 3.62. The lowest BCUT2D eigenvalue weighted by Gasteiger charge is -2.29. The Morgan fingerprint density at radius 3 is 2.14 bits per heavy atom. The van der Waals surface area contributed by atoms with E-state index in [0.29, 0.717) is 0 Å². The van der Waals surface area contributed by atoms with Gasteiger partial charge < -0.3 is 0 Å². The Balaban J connectivity index is 1.27. The molecule has 0 aromatic heterocycles. The topological polar surface area (TPSA) is 0 Å². The van der Waals surface area contributed by atoms with E-state index in [9.17, 15) is 0 Å². The van der Waals surface area contributed by atoms with E-state index in [1.54, 1.807) is 0 Å². The number of rotatable bonds is 9. The second kappa shape index (κ2) is 12.1. The number of unbranched alkanes of at least 4 members (excludes halogenated alkanes) is 2. The second-order valence-corrected chi connectivity index (χ2v) is 9.99. The van der Waals surface area contributed by atoms with Gasteiger partial charge in [0.15, 0.2) is 0 Å². The van der Waals surface area contributed by atoms with Crippen LogP contribution in [-0.4, -0.2) is 0 Å². The van der Waals surface area contributed by atoms with Crippen molar-refractivity contribution >= 4 is 11.6 Å². The second-order valence-electron chi connectivity index (χ2n) is 9.55. The van der Waals surface area contributed by atoms with Gasteiger partial charge in [-0.15, -0.1) is 0 Å². The molecule has 0 atom stereocenters. The highest BCUT2D eigenvalue weighted by molar-refractivity contribution is 6.30. The summed E-state index contributed by atoms with van der Waals surface area (Å²) < 4.78 is 0. The highest BCUT2D eigenvalue weighted by atomic mass is 35.5.